The van der Waals surface area contributed by atoms with Crippen LogP contribution in [0.5, 0.6) is 5.75 Å². The van der Waals surface area contributed by atoms with Gasteiger partial charge in [0.1, 0.15) is 5.75 Å². The van der Waals surface area contributed by atoms with Gasteiger partial charge in [-0.15, -0.1) is 0 Å². The molecule has 18 heavy (non-hydrogen) atoms. The molecule has 3 nitrogen and oxygen atoms in total. The number of para-hydroxylation sites is 1. The Hall–Kier alpha value is -1.51. The lowest BCUT2D eigenvalue weighted by molar-refractivity contribution is -0.129. The molecule has 0 radical (unpaired) electrons. The van der Waals surface area contributed by atoms with Crippen molar-refractivity contribution in [3.05, 3.63) is 29.8 Å². The first-order valence-electron chi connectivity index (χ1n) is 6.55. The molecule has 0 heterocycles. The van der Waals surface area contributed by atoms with E-state index in [0.717, 1.165) is 37.1 Å². The number of nitrogens with zero attached hydrogens (tertiary/aromatic N) is 1. The van der Waals surface area contributed by atoms with Crippen molar-refractivity contribution in [3.8, 4) is 5.75 Å². The van der Waals surface area contributed by atoms with Gasteiger partial charge in [-0.1, -0.05) is 31.5 Å². The predicted molar refractivity (Wildman–Crippen MR) is 73.9 cm³/mol. The molecule has 0 unspecified atom stereocenters. The van der Waals surface area contributed by atoms with E-state index in [9.17, 15) is 4.79 Å². The van der Waals surface area contributed by atoms with Gasteiger partial charge in [-0.05, 0) is 24.5 Å². The summed E-state index contributed by atoms with van der Waals surface area (Å²) in [5, 5.41) is 0. The number of rotatable bonds is 7. The molecule has 0 saturated carbocycles. The number of methoxy groups -OCH3 is 1. The van der Waals surface area contributed by atoms with E-state index in [2.05, 4.69) is 6.92 Å². The predicted octanol–water partition coefficient (Wildman–Crippen LogP) is 2.89. The molecule has 0 saturated heterocycles. The fraction of sp³-hybridized carbons (Fsp3) is 0.533. The molecule has 3 heteroatoms. The minimum absolute atomic E-state index is 0.228. The Bertz CT molecular complexity index is 377. The standard InChI is InChI=1S/C15H23NO2/c1-4-5-10-15(17)16(2)12-11-13-8-6-7-9-14(13)18-3/h6-9H,4-5,10-12H2,1-3H3. The summed E-state index contributed by atoms with van der Waals surface area (Å²) in [6.07, 6.45) is 3.52. The number of carbonyl (C=O) groups excluding carboxylic acids is 1. The first kappa shape index (κ1) is 14.6. The van der Waals surface area contributed by atoms with Crippen molar-refractivity contribution in [1.29, 1.82) is 0 Å². The number of hydrogen-bond donors (Lipinski definition) is 0. The van der Waals surface area contributed by atoms with Crippen LogP contribution in [0.2, 0.25) is 0 Å². The zero-order chi connectivity index (χ0) is 13.4. The zero-order valence-electron chi connectivity index (χ0n) is 11.6. The van der Waals surface area contributed by atoms with Gasteiger partial charge in [0.05, 0.1) is 7.11 Å². The summed E-state index contributed by atoms with van der Waals surface area (Å²) >= 11 is 0. The Balaban J connectivity index is 2.46. The fourth-order valence-electron chi connectivity index (χ4n) is 1.84. The second-order valence-electron chi connectivity index (χ2n) is 4.48. The molecule has 0 aromatic heterocycles. The molecule has 0 spiro atoms. The van der Waals surface area contributed by atoms with Crippen LogP contribution in [0.4, 0.5) is 0 Å². The summed E-state index contributed by atoms with van der Waals surface area (Å²) < 4.78 is 5.30. The van der Waals surface area contributed by atoms with Crippen molar-refractivity contribution in [2.45, 2.75) is 32.6 Å². The molecular formula is C15H23NO2. The highest BCUT2D eigenvalue weighted by molar-refractivity contribution is 5.75. The lowest BCUT2D eigenvalue weighted by Gasteiger charge is -2.17. The second-order valence-corrected chi connectivity index (χ2v) is 4.48. The average molecular weight is 249 g/mol. The van der Waals surface area contributed by atoms with E-state index < -0.39 is 0 Å². The van der Waals surface area contributed by atoms with Gasteiger partial charge in [0.2, 0.25) is 5.91 Å². The largest absolute Gasteiger partial charge is 0.496 e. The third kappa shape index (κ3) is 4.40. The van der Waals surface area contributed by atoms with Gasteiger partial charge in [0.25, 0.3) is 0 Å². The quantitative estimate of drug-likeness (QED) is 0.743. The van der Waals surface area contributed by atoms with Gasteiger partial charge in [-0.3, -0.25) is 4.79 Å². The van der Waals surface area contributed by atoms with E-state index in [1.54, 1.807) is 7.11 Å². The van der Waals surface area contributed by atoms with Crippen LogP contribution in [0.15, 0.2) is 24.3 Å². The normalized spacial score (nSPS) is 10.2. The topological polar surface area (TPSA) is 29.5 Å². The van der Waals surface area contributed by atoms with E-state index in [4.69, 9.17) is 4.74 Å². The minimum atomic E-state index is 0.228. The van der Waals surface area contributed by atoms with Gasteiger partial charge < -0.3 is 9.64 Å². The highest BCUT2D eigenvalue weighted by atomic mass is 16.5. The van der Waals surface area contributed by atoms with E-state index in [-0.39, 0.29) is 5.91 Å². The van der Waals surface area contributed by atoms with Crippen molar-refractivity contribution >= 4 is 5.91 Å². The summed E-state index contributed by atoms with van der Waals surface area (Å²) in [5.74, 6) is 1.12. The fourth-order valence-corrected chi connectivity index (χ4v) is 1.84. The third-order valence-electron chi connectivity index (χ3n) is 3.08. The molecule has 0 atom stereocenters. The van der Waals surface area contributed by atoms with Crippen molar-refractivity contribution in [2.24, 2.45) is 0 Å². The molecular weight excluding hydrogens is 226 g/mol. The molecule has 0 fully saturated rings. The van der Waals surface area contributed by atoms with E-state index in [1.165, 1.54) is 0 Å². The number of likely N-dealkylation sites (N-methyl/N-ethyl adjacent to an activating group) is 1. The molecule has 0 bridgehead atoms. The van der Waals surface area contributed by atoms with Crippen molar-refractivity contribution in [1.82, 2.24) is 4.90 Å². The Labute approximate surface area is 110 Å². The molecule has 0 aliphatic heterocycles. The van der Waals surface area contributed by atoms with Gasteiger partial charge in [-0.2, -0.15) is 0 Å². The first-order chi connectivity index (χ1) is 8.69. The summed E-state index contributed by atoms with van der Waals surface area (Å²) in [5.41, 5.74) is 1.15. The van der Waals surface area contributed by atoms with Crippen LogP contribution >= 0.6 is 0 Å². The van der Waals surface area contributed by atoms with Crippen LogP contribution in [-0.4, -0.2) is 31.5 Å². The number of carbonyl (C=O) groups is 1. The molecule has 1 rings (SSSR count). The number of unbranched alkanes of at least 4 members (excludes halogenated alkanes) is 1. The number of benzene rings is 1. The summed E-state index contributed by atoms with van der Waals surface area (Å²) in [6.45, 7) is 2.84. The van der Waals surface area contributed by atoms with Gasteiger partial charge in [-0.25, -0.2) is 0 Å². The van der Waals surface area contributed by atoms with Crippen LogP contribution < -0.4 is 4.74 Å². The Kier molecular flexibility index (Phi) is 6.26. The second kappa shape index (κ2) is 7.75. The van der Waals surface area contributed by atoms with Crippen molar-refractivity contribution in [2.75, 3.05) is 20.7 Å². The maximum atomic E-state index is 11.8. The highest BCUT2D eigenvalue weighted by Gasteiger charge is 2.09. The molecule has 0 aliphatic rings. The molecule has 0 aliphatic carbocycles. The monoisotopic (exact) mass is 249 g/mol. The van der Waals surface area contributed by atoms with Crippen molar-refractivity contribution < 1.29 is 9.53 Å². The molecule has 1 amide bonds. The molecule has 100 valence electrons. The Morgan fingerprint density at radius 1 is 1.33 bits per heavy atom. The smallest absolute Gasteiger partial charge is 0.222 e. The van der Waals surface area contributed by atoms with Crippen molar-refractivity contribution in [3.63, 3.8) is 0 Å². The molecule has 0 N–H and O–H groups in total. The number of amides is 1. The number of hydrogen-bond acceptors (Lipinski definition) is 2. The van der Waals surface area contributed by atoms with Crippen LogP contribution in [-0.2, 0) is 11.2 Å². The lowest BCUT2D eigenvalue weighted by Crippen LogP contribution is -2.28. The molecule has 1 aromatic rings. The molecule has 1 aromatic carbocycles. The van der Waals surface area contributed by atoms with Crippen LogP contribution in [0.1, 0.15) is 31.7 Å². The Morgan fingerprint density at radius 2 is 2.06 bits per heavy atom. The van der Waals surface area contributed by atoms with Crippen LogP contribution in [0.3, 0.4) is 0 Å². The van der Waals surface area contributed by atoms with E-state index in [0.29, 0.717) is 6.42 Å². The highest BCUT2D eigenvalue weighted by Crippen LogP contribution is 2.17. The maximum Gasteiger partial charge on any atom is 0.222 e. The lowest BCUT2D eigenvalue weighted by atomic mass is 10.1. The summed E-state index contributed by atoms with van der Waals surface area (Å²) in [7, 11) is 3.54. The maximum absolute atomic E-state index is 11.8. The van der Waals surface area contributed by atoms with Crippen LogP contribution in [0.25, 0.3) is 0 Å². The zero-order valence-corrected chi connectivity index (χ0v) is 11.6. The van der Waals surface area contributed by atoms with E-state index >= 15 is 0 Å². The minimum Gasteiger partial charge on any atom is -0.496 e. The van der Waals surface area contributed by atoms with Gasteiger partial charge >= 0.3 is 0 Å². The van der Waals surface area contributed by atoms with E-state index in [1.807, 2.05) is 36.2 Å². The summed E-state index contributed by atoms with van der Waals surface area (Å²) in [4.78, 5) is 13.6. The third-order valence-corrected chi connectivity index (χ3v) is 3.08. The van der Waals surface area contributed by atoms with Gasteiger partial charge in [0.15, 0.2) is 0 Å². The SMILES string of the molecule is CCCCC(=O)N(C)CCc1ccccc1OC. The number of ether oxygens (including phenoxy) is 1. The first-order valence-corrected chi connectivity index (χ1v) is 6.55. The van der Waals surface area contributed by atoms with Gasteiger partial charge in [0, 0.05) is 20.0 Å². The van der Waals surface area contributed by atoms with Crippen LogP contribution in [0, 0.1) is 0 Å². The summed E-state index contributed by atoms with van der Waals surface area (Å²) in [6, 6.07) is 7.95. The Morgan fingerprint density at radius 3 is 2.72 bits per heavy atom. The average Bonchev–Trinajstić information content (AvgIpc) is 2.42.